The lowest BCUT2D eigenvalue weighted by Crippen LogP contribution is -2.44. The Hall–Kier alpha value is -1.11. The molecule has 1 rings (SSSR count). The fraction of sp³-hybridized carbons (Fsp3) is 0.385. The van der Waals surface area contributed by atoms with Gasteiger partial charge in [-0.15, -0.1) is 0 Å². The normalized spacial score (nSPS) is 11.6. The number of rotatable bonds is 6. The Balaban J connectivity index is 2.64. The van der Waals surface area contributed by atoms with Crippen molar-refractivity contribution >= 4 is 52.7 Å². The van der Waals surface area contributed by atoms with Crippen LogP contribution in [0.4, 0.5) is 10.5 Å². The van der Waals surface area contributed by atoms with Crippen molar-refractivity contribution in [3.8, 4) is 0 Å². The molecule has 0 saturated carbocycles. The Morgan fingerprint density at radius 1 is 1.33 bits per heavy atom. The highest BCUT2D eigenvalue weighted by Gasteiger charge is 2.21. The first-order valence-electron chi connectivity index (χ1n) is 6.07. The quantitative estimate of drug-likeness (QED) is 0.771. The van der Waals surface area contributed by atoms with Gasteiger partial charge in [-0.1, -0.05) is 23.2 Å². The van der Waals surface area contributed by atoms with Crippen LogP contribution in [0.25, 0.3) is 0 Å². The van der Waals surface area contributed by atoms with Gasteiger partial charge in [-0.05, 0) is 36.6 Å². The monoisotopic (exact) mass is 350 g/mol. The number of urea groups is 1. The zero-order valence-corrected chi connectivity index (χ0v) is 13.9. The van der Waals surface area contributed by atoms with Crippen molar-refractivity contribution in [3.05, 3.63) is 28.2 Å². The molecule has 116 valence electrons. The Bertz CT molecular complexity index is 514. The smallest absolute Gasteiger partial charge is 0.328 e. The minimum absolute atomic E-state index is 0.335. The molecule has 0 bridgehead atoms. The van der Waals surface area contributed by atoms with Gasteiger partial charge in [-0.25, -0.2) is 9.59 Å². The summed E-state index contributed by atoms with van der Waals surface area (Å²) in [5.74, 6) is 0.251. The Morgan fingerprint density at radius 3 is 2.62 bits per heavy atom. The molecular formula is C13H16Cl2N2O3S. The number of nitrogens with one attached hydrogen (secondary N) is 2. The van der Waals surface area contributed by atoms with E-state index in [1.165, 1.54) is 13.2 Å². The molecule has 5 nitrogen and oxygen atoms in total. The van der Waals surface area contributed by atoms with Crippen LogP contribution in [0.3, 0.4) is 0 Å². The molecule has 2 amide bonds. The number of halogens is 2. The summed E-state index contributed by atoms with van der Waals surface area (Å²) < 4.78 is 4.67. The summed E-state index contributed by atoms with van der Waals surface area (Å²) in [5.41, 5.74) is 0.482. The van der Waals surface area contributed by atoms with Gasteiger partial charge in [0.2, 0.25) is 0 Å². The van der Waals surface area contributed by atoms with Gasteiger partial charge in [-0.3, -0.25) is 0 Å². The summed E-state index contributed by atoms with van der Waals surface area (Å²) in [6, 6.07) is 3.52. The second kappa shape index (κ2) is 9.02. The minimum atomic E-state index is -0.690. The van der Waals surface area contributed by atoms with Gasteiger partial charge in [0.15, 0.2) is 0 Å². The predicted octanol–water partition coefficient (Wildman–Crippen LogP) is 3.41. The lowest BCUT2D eigenvalue weighted by molar-refractivity contribution is -0.142. The molecule has 0 unspecified atom stereocenters. The largest absolute Gasteiger partial charge is 0.467 e. The third-order valence-electron chi connectivity index (χ3n) is 2.58. The van der Waals surface area contributed by atoms with Gasteiger partial charge in [-0.2, -0.15) is 11.8 Å². The maximum atomic E-state index is 11.9. The third kappa shape index (κ3) is 6.03. The summed E-state index contributed by atoms with van der Waals surface area (Å²) in [4.78, 5) is 23.5. The highest BCUT2D eigenvalue weighted by molar-refractivity contribution is 7.98. The van der Waals surface area contributed by atoms with Crippen molar-refractivity contribution in [3.63, 3.8) is 0 Å². The highest BCUT2D eigenvalue weighted by atomic mass is 35.5. The number of carbonyl (C=O) groups excluding carboxylic acids is 2. The van der Waals surface area contributed by atoms with Gasteiger partial charge < -0.3 is 15.4 Å². The molecule has 0 radical (unpaired) electrons. The molecule has 0 aliphatic heterocycles. The van der Waals surface area contributed by atoms with E-state index in [1.807, 2.05) is 6.26 Å². The van der Waals surface area contributed by atoms with Crippen LogP contribution in [0.15, 0.2) is 18.2 Å². The second-order valence-corrected chi connectivity index (χ2v) is 5.88. The Labute approximate surface area is 137 Å². The van der Waals surface area contributed by atoms with Gasteiger partial charge in [0.05, 0.1) is 17.2 Å². The Morgan fingerprint density at radius 2 is 2.05 bits per heavy atom. The summed E-state index contributed by atoms with van der Waals surface area (Å²) in [6.07, 6.45) is 2.41. The number of hydrogen-bond acceptors (Lipinski definition) is 4. The van der Waals surface area contributed by atoms with Crippen LogP contribution in [-0.4, -0.2) is 37.2 Å². The van der Waals surface area contributed by atoms with Gasteiger partial charge in [0, 0.05) is 5.69 Å². The van der Waals surface area contributed by atoms with E-state index in [0.717, 1.165) is 5.75 Å². The lowest BCUT2D eigenvalue weighted by atomic mass is 10.2. The molecule has 0 aliphatic carbocycles. The molecule has 21 heavy (non-hydrogen) atoms. The van der Waals surface area contributed by atoms with E-state index in [-0.39, 0.29) is 0 Å². The standard InChI is InChI=1S/C13H16Cl2N2O3S/c1-20-12(18)11(5-6-21-2)17-13(19)16-8-3-4-9(14)10(15)7-8/h3-4,7,11H,5-6H2,1-2H3,(H2,16,17,19)/t11-/m1/s1. The van der Waals surface area contributed by atoms with Crippen molar-refractivity contribution in [2.24, 2.45) is 0 Å². The maximum absolute atomic E-state index is 11.9. The number of thioether (sulfide) groups is 1. The van der Waals surface area contributed by atoms with Crippen molar-refractivity contribution in [1.29, 1.82) is 0 Å². The number of ether oxygens (including phenoxy) is 1. The topological polar surface area (TPSA) is 67.4 Å². The van der Waals surface area contributed by atoms with Crippen LogP contribution >= 0.6 is 35.0 Å². The Kier molecular flexibility index (Phi) is 7.71. The molecule has 0 saturated heterocycles. The van der Waals surface area contributed by atoms with Crippen molar-refractivity contribution in [2.45, 2.75) is 12.5 Å². The van der Waals surface area contributed by atoms with Crippen LogP contribution in [-0.2, 0) is 9.53 Å². The van der Waals surface area contributed by atoms with E-state index in [9.17, 15) is 9.59 Å². The molecule has 1 aromatic rings. The molecule has 2 N–H and O–H groups in total. The van der Waals surface area contributed by atoms with Crippen molar-refractivity contribution in [2.75, 3.05) is 24.4 Å². The van der Waals surface area contributed by atoms with Crippen LogP contribution in [0, 0.1) is 0 Å². The summed E-state index contributed by atoms with van der Waals surface area (Å²) in [6.45, 7) is 0. The third-order valence-corrected chi connectivity index (χ3v) is 3.96. The van der Waals surface area contributed by atoms with Crippen LogP contribution < -0.4 is 10.6 Å². The zero-order chi connectivity index (χ0) is 15.8. The van der Waals surface area contributed by atoms with E-state index in [0.29, 0.717) is 22.2 Å². The van der Waals surface area contributed by atoms with Crippen LogP contribution in [0.1, 0.15) is 6.42 Å². The number of carbonyl (C=O) groups is 2. The minimum Gasteiger partial charge on any atom is -0.467 e. The number of anilines is 1. The van der Waals surface area contributed by atoms with Gasteiger partial charge in [0.1, 0.15) is 6.04 Å². The van der Waals surface area contributed by atoms with Gasteiger partial charge in [0.25, 0.3) is 0 Å². The molecule has 1 atom stereocenters. The first-order valence-corrected chi connectivity index (χ1v) is 8.22. The molecule has 0 heterocycles. The average Bonchev–Trinajstić information content (AvgIpc) is 2.46. The molecule has 0 aromatic heterocycles. The van der Waals surface area contributed by atoms with Crippen molar-refractivity contribution in [1.82, 2.24) is 5.32 Å². The van der Waals surface area contributed by atoms with Crippen molar-refractivity contribution < 1.29 is 14.3 Å². The molecule has 0 fully saturated rings. The molecule has 1 aromatic carbocycles. The summed E-state index contributed by atoms with van der Waals surface area (Å²) in [5, 5.41) is 5.89. The maximum Gasteiger partial charge on any atom is 0.328 e. The number of esters is 1. The predicted molar refractivity (Wildman–Crippen MR) is 87.4 cm³/mol. The number of methoxy groups -OCH3 is 1. The fourth-order valence-corrected chi connectivity index (χ4v) is 2.30. The van der Waals surface area contributed by atoms with Crippen LogP contribution in [0.2, 0.25) is 10.0 Å². The first kappa shape index (κ1) is 17.9. The van der Waals surface area contributed by atoms with Gasteiger partial charge >= 0.3 is 12.0 Å². The van der Waals surface area contributed by atoms with E-state index in [1.54, 1.807) is 23.9 Å². The summed E-state index contributed by atoms with van der Waals surface area (Å²) in [7, 11) is 1.28. The number of amides is 2. The number of benzene rings is 1. The van der Waals surface area contributed by atoms with E-state index in [2.05, 4.69) is 15.4 Å². The number of hydrogen-bond donors (Lipinski definition) is 2. The SMILES string of the molecule is COC(=O)[C@@H](CCSC)NC(=O)Nc1ccc(Cl)c(Cl)c1. The van der Waals surface area contributed by atoms with E-state index in [4.69, 9.17) is 23.2 Å². The van der Waals surface area contributed by atoms with E-state index < -0.39 is 18.0 Å². The molecule has 0 aliphatic rings. The first-order chi connectivity index (χ1) is 9.97. The molecule has 8 heteroatoms. The average molecular weight is 351 g/mol. The molecule has 0 spiro atoms. The zero-order valence-electron chi connectivity index (χ0n) is 11.6. The second-order valence-electron chi connectivity index (χ2n) is 4.08. The van der Waals surface area contributed by atoms with E-state index >= 15 is 0 Å². The highest BCUT2D eigenvalue weighted by Crippen LogP contribution is 2.24. The van der Waals surface area contributed by atoms with Crippen LogP contribution in [0.5, 0.6) is 0 Å². The fourth-order valence-electron chi connectivity index (χ4n) is 1.53. The summed E-state index contributed by atoms with van der Waals surface area (Å²) >= 11 is 13.2. The lowest BCUT2D eigenvalue weighted by Gasteiger charge is -2.16. The molecular weight excluding hydrogens is 335 g/mol.